The van der Waals surface area contributed by atoms with Gasteiger partial charge in [-0.3, -0.25) is 14.6 Å². The van der Waals surface area contributed by atoms with Gasteiger partial charge in [-0.2, -0.15) is 4.98 Å². The van der Waals surface area contributed by atoms with Crippen molar-refractivity contribution in [3.63, 3.8) is 0 Å². The molecule has 0 amide bonds. The summed E-state index contributed by atoms with van der Waals surface area (Å²) in [5, 5.41) is 4.07. The maximum Gasteiger partial charge on any atom is 0.320 e. The van der Waals surface area contributed by atoms with Crippen molar-refractivity contribution < 1.29 is 18.8 Å². The van der Waals surface area contributed by atoms with Crippen LogP contribution in [-0.4, -0.2) is 71.3 Å². The van der Waals surface area contributed by atoms with Crippen LogP contribution in [-0.2, 0) is 16.1 Å². The molecule has 2 aromatic rings. The predicted molar refractivity (Wildman–Crippen MR) is 104 cm³/mol. The number of carbonyl (C=O) groups is 1. The van der Waals surface area contributed by atoms with Crippen LogP contribution in [0.25, 0.3) is 11.4 Å². The van der Waals surface area contributed by atoms with Crippen LogP contribution in [0.1, 0.15) is 26.7 Å². The molecule has 0 saturated carbocycles. The highest BCUT2D eigenvalue weighted by Gasteiger charge is 2.23. The number of nitrogens with zero attached hydrogens (tertiary/aromatic N) is 4. The largest absolute Gasteiger partial charge is 0.497 e. The van der Waals surface area contributed by atoms with Gasteiger partial charge in [-0.05, 0) is 45.0 Å². The molecule has 3 rings (SSSR count). The Morgan fingerprint density at radius 2 is 1.75 bits per heavy atom. The lowest BCUT2D eigenvalue weighted by Crippen LogP contribution is -2.48. The van der Waals surface area contributed by atoms with Crippen molar-refractivity contribution in [3.8, 4) is 17.1 Å². The number of hydrogen-bond donors (Lipinski definition) is 0. The summed E-state index contributed by atoms with van der Waals surface area (Å²) in [5.74, 6) is 1.77. The van der Waals surface area contributed by atoms with Crippen molar-refractivity contribution in [2.24, 2.45) is 0 Å². The molecule has 1 saturated heterocycles. The van der Waals surface area contributed by atoms with Gasteiger partial charge in [0, 0.05) is 31.7 Å². The standard InChI is InChI=1S/C20H28N4O4/c1-20(2,3)27-18(25)14-24-11-9-23(10-12-24)13-17-21-19(22-28-17)15-5-7-16(26-4)8-6-15/h5-8H,9-14H2,1-4H3. The number of ether oxygens (including phenoxy) is 2. The van der Waals surface area contributed by atoms with E-state index in [9.17, 15) is 4.79 Å². The summed E-state index contributed by atoms with van der Waals surface area (Å²) in [6.07, 6.45) is 0. The first-order valence-electron chi connectivity index (χ1n) is 9.46. The Kier molecular flexibility index (Phi) is 6.31. The van der Waals surface area contributed by atoms with Crippen LogP contribution < -0.4 is 4.74 Å². The van der Waals surface area contributed by atoms with Crippen LogP contribution >= 0.6 is 0 Å². The zero-order valence-electron chi connectivity index (χ0n) is 17.0. The summed E-state index contributed by atoms with van der Waals surface area (Å²) in [4.78, 5) is 20.8. The molecule has 8 nitrogen and oxygen atoms in total. The second-order valence-corrected chi connectivity index (χ2v) is 7.88. The zero-order valence-corrected chi connectivity index (χ0v) is 17.0. The molecule has 1 fully saturated rings. The molecular formula is C20H28N4O4. The first-order valence-corrected chi connectivity index (χ1v) is 9.46. The fourth-order valence-corrected chi connectivity index (χ4v) is 3.03. The van der Waals surface area contributed by atoms with Crippen molar-refractivity contribution in [1.82, 2.24) is 19.9 Å². The molecule has 0 N–H and O–H groups in total. The summed E-state index contributed by atoms with van der Waals surface area (Å²) >= 11 is 0. The molecular weight excluding hydrogens is 360 g/mol. The van der Waals surface area contributed by atoms with Crippen LogP contribution in [0.4, 0.5) is 0 Å². The van der Waals surface area contributed by atoms with Crippen LogP contribution in [0, 0.1) is 0 Å². The summed E-state index contributed by atoms with van der Waals surface area (Å²) in [6, 6.07) is 7.55. The van der Waals surface area contributed by atoms with E-state index in [4.69, 9.17) is 14.0 Å². The van der Waals surface area contributed by atoms with Crippen LogP contribution in [0.5, 0.6) is 5.75 Å². The average Bonchev–Trinajstić information content (AvgIpc) is 3.10. The quantitative estimate of drug-likeness (QED) is 0.697. The summed E-state index contributed by atoms with van der Waals surface area (Å²) < 4.78 is 16.0. The van der Waals surface area contributed by atoms with Gasteiger partial charge in [0.25, 0.3) is 0 Å². The Morgan fingerprint density at radius 1 is 1.11 bits per heavy atom. The molecule has 0 atom stereocenters. The third-order valence-electron chi connectivity index (χ3n) is 4.41. The second-order valence-electron chi connectivity index (χ2n) is 7.88. The number of piperazine rings is 1. The van der Waals surface area contributed by atoms with Crippen LogP contribution in [0.2, 0.25) is 0 Å². The van der Waals surface area contributed by atoms with Crippen molar-refractivity contribution in [1.29, 1.82) is 0 Å². The monoisotopic (exact) mass is 388 g/mol. The second kappa shape index (κ2) is 8.70. The highest BCUT2D eigenvalue weighted by atomic mass is 16.6. The average molecular weight is 388 g/mol. The van der Waals surface area contributed by atoms with Crippen molar-refractivity contribution in [2.75, 3.05) is 39.8 Å². The lowest BCUT2D eigenvalue weighted by Gasteiger charge is -2.33. The van der Waals surface area contributed by atoms with E-state index >= 15 is 0 Å². The Morgan fingerprint density at radius 3 is 2.36 bits per heavy atom. The molecule has 0 unspecified atom stereocenters. The molecule has 1 aliphatic heterocycles. The van der Waals surface area contributed by atoms with E-state index in [0.29, 0.717) is 24.8 Å². The van der Waals surface area contributed by atoms with E-state index in [-0.39, 0.29) is 5.97 Å². The molecule has 2 heterocycles. The predicted octanol–water partition coefficient (Wildman–Crippen LogP) is 2.20. The smallest absolute Gasteiger partial charge is 0.320 e. The molecule has 28 heavy (non-hydrogen) atoms. The van der Waals surface area contributed by atoms with Gasteiger partial charge in [-0.15, -0.1) is 0 Å². The highest BCUT2D eigenvalue weighted by Crippen LogP contribution is 2.20. The molecule has 1 aromatic heterocycles. The molecule has 0 aliphatic carbocycles. The minimum atomic E-state index is -0.446. The Hall–Kier alpha value is -2.45. The lowest BCUT2D eigenvalue weighted by atomic mass is 10.2. The molecule has 152 valence electrons. The summed E-state index contributed by atoms with van der Waals surface area (Å²) in [6.45, 7) is 9.86. The maximum absolute atomic E-state index is 12.0. The number of esters is 1. The van der Waals surface area contributed by atoms with Gasteiger partial charge in [0.15, 0.2) is 0 Å². The Balaban J connectivity index is 1.47. The van der Waals surface area contributed by atoms with Crippen molar-refractivity contribution in [2.45, 2.75) is 32.9 Å². The van der Waals surface area contributed by atoms with Gasteiger partial charge >= 0.3 is 5.97 Å². The molecule has 0 spiro atoms. The SMILES string of the molecule is COc1ccc(-c2noc(CN3CCN(CC(=O)OC(C)(C)C)CC3)n2)cc1. The van der Waals surface area contributed by atoms with Crippen molar-refractivity contribution >= 4 is 5.97 Å². The molecule has 1 aromatic carbocycles. The Bertz CT molecular complexity index is 774. The Labute approximate surface area is 165 Å². The molecule has 0 radical (unpaired) electrons. The summed E-state index contributed by atoms with van der Waals surface area (Å²) in [7, 11) is 1.63. The number of hydrogen-bond acceptors (Lipinski definition) is 8. The van der Waals surface area contributed by atoms with Gasteiger partial charge < -0.3 is 14.0 Å². The third kappa shape index (κ3) is 5.77. The fourth-order valence-electron chi connectivity index (χ4n) is 3.03. The van der Waals surface area contributed by atoms with Gasteiger partial charge in [-0.25, -0.2) is 0 Å². The van der Waals surface area contributed by atoms with E-state index in [1.165, 1.54) is 0 Å². The van der Waals surface area contributed by atoms with Crippen LogP contribution in [0.15, 0.2) is 28.8 Å². The number of carbonyl (C=O) groups excluding carboxylic acids is 1. The highest BCUT2D eigenvalue weighted by molar-refractivity contribution is 5.72. The fraction of sp³-hybridized carbons (Fsp3) is 0.550. The number of aromatic nitrogens is 2. The number of benzene rings is 1. The molecule has 8 heteroatoms. The van der Waals surface area contributed by atoms with Gasteiger partial charge in [0.05, 0.1) is 20.2 Å². The first kappa shape index (κ1) is 20.3. The first-order chi connectivity index (χ1) is 13.3. The molecule has 0 bridgehead atoms. The van der Waals surface area contributed by atoms with Gasteiger partial charge in [0.2, 0.25) is 11.7 Å². The lowest BCUT2D eigenvalue weighted by molar-refractivity contribution is -0.156. The number of methoxy groups -OCH3 is 1. The van der Waals surface area contributed by atoms with E-state index in [2.05, 4.69) is 19.9 Å². The van der Waals surface area contributed by atoms with E-state index in [1.54, 1.807) is 7.11 Å². The van der Waals surface area contributed by atoms with Crippen LogP contribution in [0.3, 0.4) is 0 Å². The van der Waals surface area contributed by atoms with E-state index in [0.717, 1.165) is 37.5 Å². The maximum atomic E-state index is 12.0. The van der Waals surface area contributed by atoms with Gasteiger partial charge in [0.1, 0.15) is 11.4 Å². The molecule has 1 aliphatic rings. The van der Waals surface area contributed by atoms with E-state index in [1.807, 2.05) is 45.0 Å². The summed E-state index contributed by atoms with van der Waals surface area (Å²) in [5.41, 5.74) is 0.441. The minimum absolute atomic E-state index is 0.179. The van der Waals surface area contributed by atoms with Crippen molar-refractivity contribution in [3.05, 3.63) is 30.2 Å². The normalized spacial score (nSPS) is 16.1. The topological polar surface area (TPSA) is 80.9 Å². The third-order valence-corrected chi connectivity index (χ3v) is 4.41. The number of rotatable bonds is 6. The minimum Gasteiger partial charge on any atom is -0.497 e. The zero-order chi connectivity index (χ0) is 20.1. The van der Waals surface area contributed by atoms with E-state index < -0.39 is 5.60 Å². The van der Waals surface area contributed by atoms with Gasteiger partial charge in [-0.1, -0.05) is 5.16 Å².